The zero-order valence-corrected chi connectivity index (χ0v) is 19.6. The first-order chi connectivity index (χ1) is 15.0. The maximum atomic E-state index is 12.7. The van der Waals surface area contributed by atoms with Gasteiger partial charge in [0.25, 0.3) is 0 Å². The summed E-state index contributed by atoms with van der Waals surface area (Å²) in [7, 11) is 0. The molecular weight excluding hydrogens is 386 g/mol. The lowest BCUT2D eigenvalue weighted by Gasteiger charge is -2.54. The third kappa shape index (κ3) is 4.33. The SMILES string of the molecule is CC(CCC(=O)N1CCCCC1)C1CCC2C1CCC1C3CCC(O)CC3C(O)CC21. The first-order valence-electron chi connectivity index (χ1n) is 13.7. The summed E-state index contributed by atoms with van der Waals surface area (Å²) in [6.07, 6.45) is 14.3. The molecule has 0 bridgehead atoms. The lowest BCUT2D eigenvalue weighted by molar-refractivity contribution is -0.132. The number of fused-ring (bicyclic) bond motifs is 5. The first kappa shape index (κ1) is 22.2. The maximum absolute atomic E-state index is 12.7. The van der Waals surface area contributed by atoms with Gasteiger partial charge >= 0.3 is 0 Å². The van der Waals surface area contributed by atoms with Gasteiger partial charge in [0.2, 0.25) is 5.91 Å². The highest BCUT2D eigenvalue weighted by Gasteiger charge is 2.54. The Morgan fingerprint density at radius 3 is 2.26 bits per heavy atom. The van der Waals surface area contributed by atoms with Crippen molar-refractivity contribution in [3.8, 4) is 0 Å². The van der Waals surface area contributed by atoms with Crippen molar-refractivity contribution in [2.75, 3.05) is 13.1 Å². The topological polar surface area (TPSA) is 60.8 Å². The predicted molar refractivity (Wildman–Crippen MR) is 122 cm³/mol. The number of carbonyl (C=O) groups is 1. The zero-order chi connectivity index (χ0) is 21.5. The molecule has 1 aliphatic heterocycles. The molecule has 1 heterocycles. The summed E-state index contributed by atoms with van der Waals surface area (Å²) in [5.41, 5.74) is 0. The maximum Gasteiger partial charge on any atom is 0.222 e. The van der Waals surface area contributed by atoms with Crippen LogP contribution in [0.5, 0.6) is 0 Å². The Morgan fingerprint density at radius 1 is 0.806 bits per heavy atom. The van der Waals surface area contributed by atoms with Gasteiger partial charge in [0.1, 0.15) is 0 Å². The molecule has 0 radical (unpaired) electrons. The molecule has 1 amide bonds. The minimum atomic E-state index is -0.196. The number of nitrogens with zero attached hydrogens (tertiary/aromatic N) is 1. The number of likely N-dealkylation sites (tertiary alicyclic amines) is 1. The third-order valence-corrected chi connectivity index (χ3v) is 10.6. The molecule has 1 saturated heterocycles. The summed E-state index contributed by atoms with van der Waals surface area (Å²) >= 11 is 0. The second kappa shape index (κ2) is 9.33. The number of hydrogen-bond acceptors (Lipinski definition) is 3. The molecule has 4 aliphatic carbocycles. The lowest BCUT2D eigenvalue weighted by Crippen LogP contribution is -2.51. The van der Waals surface area contributed by atoms with Gasteiger partial charge in [-0.1, -0.05) is 6.92 Å². The molecule has 31 heavy (non-hydrogen) atoms. The van der Waals surface area contributed by atoms with Crippen molar-refractivity contribution in [2.24, 2.45) is 47.3 Å². The molecule has 0 aromatic rings. The van der Waals surface area contributed by atoms with Crippen molar-refractivity contribution < 1.29 is 15.0 Å². The molecule has 4 nitrogen and oxygen atoms in total. The van der Waals surface area contributed by atoms with E-state index in [9.17, 15) is 15.0 Å². The first-order valence-corrected chi connectivity index (χ1v) is 13.7. The highest BCUT2D eigenvalue weighted by atomic mass is 16.3. The average Bonchev–Trinajstić information content (AvgIpc) is 3.23. The Morgan fingerprint density at radius 2 is 1.45 bits per heavy atom. The second-order valence-electron chi connectivity index (χ2n) is 12.0. The van der Waals surface area contributed by atoms with E-state index in [1.54, 1.807) is 0 Å². The Kier molecular flexibility index (Phi) is 6.68. The fourth-order valence-electron chi connectivity index (χ4n) is 9.09. The van der Waals surface area contributed by atoms with Crippen LogP contribution in [-0.4, -0.2) is 46.3 Å². The number of piperidine rings is 1. The summed E-state index contributed by atoms with van der Waals surface area (Å²) in [5.74, 6) is 5.93. The zero-order valence-electron chi connectivity index (χ0n) is 19.6. The standard InChI is InChI=1S/C27H45NO3/c1-17(5-12-27(31)28-13-3-2-4-14-28)19-8-9-21-20(19)10-11-22-23-7-6-18(29)15-25(23)26(30)16-24(21)22/h17-26,29-30H,2-16H2,1H3. The number of aliphatic hydroxyl groups excluding tert-OH is 2. The van der Waals surface area contributed by atoms with Crippen LogP contribution in [0.3, 0.4) is 0 Å². The van der Waals surface area contributed by atoms with E-state index in [0.29, 0.717) is 29.6 Å². The fraction of sp³-hybridized carbons (Fsp3) is 0.963. The van der Waals surface area contributed by atoms with Crippen molar-refractivity contribution in [3.05, 3.63) is 0 Å². The largest absolute Gasteiger partial charge is 0.393 e. The third-order valence-electron chi connectivity index (χ3n) is 10.6. The van der Waals surface area contributed by atoms with Crippen LogP contribution in [0.25, 0.3) is 0 Å². The van der Waals surface area contributed by atoms with Crippen molar-refractivity contribution in [3.63, 3.8) is 0 Å². The molecule has 4 heteroatoms. The molecule has 0 spiro atoms. The average molecular weight is 432 g/mol. The molecule has 0 aromatic heterocycles. The van der Waals surface area contributed by atoms with E-state index < -0.39 is 0 Å². The highest BCUT2D eigenvalue weighted by molar-refractivity contribution is 5.76. The molecule has 5 rings (SSSR count). The van der Waals surface area contributed by atoms with E-state index in [4.69, 9.17) is 0 Å². The van der Waals surface area contributed by atoms with Gasteiger partial charge in [-0.25, -0.2) is 0 Å². The van der Waals surface area contributed by atoms with Crippen molar-refractivity contribution in [1.82, 2.24) is 4.90 Å². The van der Waals surface area contributed by atoms with Gasteiger partial charge < -0.3 is 15.1 Å². The molecule has 176 valence electrons. The predicted octanol–water partition coefficient (Wildman–Crippen LogP) is 4.63. The number of aliphatic hydroxyl groups is 2. The Balaban J connectivity index is 1.18. The molecule has 10 atom stereocenters. The number of rotatable bonds is 4. The van der Waals surface area contributed by atoms with Crippen LogP contribution in [0.4, 0.5) is 0 Å². The Hall–Kier alpha value is -0.610. The Bertz CT molecular complexity index is 632. The Labute approximate surface area is 189 Å². The quantitative estimate of drug-likeness (QED) is 0.682. The van der Waals surface area contributed by atoms with Crippen molar-refractivity contribution in [2.45, 2.75) is 103 Å². The van der Waals surface area contributed by atoms with Crippen LogP contribution in [-0.2, 0) is 4.79 Å². The summed E-state index contributed by atoms with van der Waals surface area (Å²) in [4.78, 5) is 14.8. The molecule has 0 aromatic carbocycles. The van der Waals surface area contributed by atoms with Crippen LogP contribution in [0, 0.1) is 47.3 Å². The van der Waals surface area contributed by atoms with E-state index in [1.807, 2.05) is 0 Å². The summed E-state index contributed by atoms with van der Waals surface area (Å²) in [6.45, 7) is 4.37. The van der Waals surface area contributed by atoms with Crippen LogP contribution in [0.1, 0.15) is 90.4 Å². The summed E-state index contributed by atoms with van der Waals surface area (Å²) in [5, 5.41) is 21.1. The number of hydrogen-bond donors (Lipinski definition) is 2. The monoisotopic (exact) mass is 431 g/mol. The van der Waals surface area contributed by atoms with E-state index in [1.165, 1.54) is 44.9 Å². The van der Waals surface area contributed by atoms with Crippen LogP contribution < -0.4 is 0 Å². The van der Waals surface area contributed by atoms with E-state index >= 15 is 0 Å². The highest BCUT2D eigenvalue weighted by Crippen LogP contribution is 2.60. The minimum Gasteiger partial charge on any atom is -0.393 e. The van der Waals surface area contributed by atoms with E-state index in [-0.39, 0.29) is 12.2 Å². The van der Waals surface area contributed by atoms with Crippen LogP contribution >= 0.6 is 0 Å². The lowest BCUT2D eigenvalue weighted by atomic mass is 9.52. The van der Waals surface area contributed by atoms with Gasteiger partial charge in [-0.3, -0.25) is 4.79 Å². The van der Waals surface area contributed by atoms with Crippen LogP contribution in [0.15, 0.2) is 0 Å². The normalized spacial score (nSPS) is 46.0. The van der Waals surface area contributed by atoms with Gasteiger partial charge in [-0.05, 0) is 124 Å². The molecule has 2 N–H and O–H groups in total. The molecular formula is C27H45NO3. The van der Waals surface area contributed by atoms with Crippen molar-refractivity contribution >= 4 is 5.91 Å². The summed E-state index contributed by atoms with van der Waals surface area (Å²) < 4.78 is 0. The van der Waals surface area contributed by atoms with E-state index in [0.717, 1.165) is 75.3 Å². The van der Waals surface area contributed by atoms with Crippen LogP contribution in [0.2, 0.25) is 0 Å². The number of amides is 1. The fourth-order valence-corrected chi connectivity index (χ4v) is 9.09. The van der Waals surface area contributed by atoms with Gasteiger partial charge in [-0.2, -0.15) is 0 Å². The molecule has 5 aliphatic rings. The van der Waals surface area contributed by atoms with Crippen molar-refractivity contribution in [1.29, 1.82) is 0 Å². The second-order valence-corrected chi connectivity index (χ2v) is 12.0. The van der Waals surface area contributed by atoms with Gasteiger partial charge in [0.15, 0.2) is 0 Å². The van der Waals surface area contributed by atoms with E-state index in [2.05, 4.69) is 11.8 Å². The van der Waals surface area contributed by atoms with Gasteiger partial charge in [-0.15, -0.1) is 0 Å². The molecule has 4 saturated carbocycles. The molecule has 10 unspecified atom stereocenters. The number of carbonyl (C=O) groups excluding carboxylic acids is 1. The van der Waals surface area contributed by atoms with Gasteiger partial charge in [0.05, 0.1) is 12.2 Å². The smallest absolute Gasteiger partial charge is 0.222 e. The minimum absolute atomic E-state index is 0.187. The van der Waals surface area contributed by atoms with Gasteiger partial charge in [0, 0.05) is 19.5 Å². The molecule has 5 fully saturated rings. The summed E-state index contributed by atoms with van der Waals surface area (Å²) in [6, 6.07) is 0.